The lowest BCUT2D eigenvalue weighted by atomic mass is 9.81. The first-order valence-electron chi connectivity index (χ1n) is 9.99. The maximum atomic E-state index is 13.5. The standard InChI is InChI=1S/C24H21N5O2S/c1-14-8-10-16(11-9-14)19-13-27-24(32-19)29-23(31)20(15(2)28-29)21(18(12-25)22(26)30)17-6-4-3-5-7-17/h3-11,13,18,21,28H,1-2H3,(H2,26,30)/t18-,21-/m1/s1. The fourth-order valence-electron chi connectivity index (χ4n) is 3.77. The van der Waals surface area contributed by atoms with Gasteiger partial charge in [-0.3, -0.25) is 14.7 Å². The molecule has 2 aromatic carbocycles. The van der Waals surface area contributed by atoms with E-state index in [1.54, 1.807) is 37.4 Å². The molecule has 0 fully saturated rings. The van der Waals surface area contributed by atoms with Crippen molar-refractivity contribution >= 4 is 17.2 Å². The molecule has 0 radical (unpaired) electrons. The third kappa shape index (κ3) is 3.86. The maximum absolute atomic E-state index is 13.5. The number of hydrogen-bond donors (Lipinski definition) is 2. The molecule has 0 aliphatic rings. The highest BCUT2D eigenvalue weighted by Crippen LogP contribution is 2.33. The Morgan fingerprint density at radius 1 is 1.16 bits per heavy atom. The van der Waals surface area contributed by atoms with E-state index in [1.165, 1.54) is 16.0 Å². The van der Waals surface area contributed by atoms with Crippen molar-refractivity contribution in [3.05, 3.63) is 93.5 Å². The Labute approximate surface area is 188 Å². The number of aromatic nitrogens is 3. The lowest BCUT2D eigenvalue weighted by Crippen LogP contribution is -2.31. The number of carbonyl (C=O) groups excluding carboxylic acids is 1. The van der Waals surface area contributed by atoms with Crippen molar-refractivity contribution in [1.82, 2.24) is 14.8 Å². The summed E-state index contributed by atoms with van der Waals surface area (Å²) in [5.74, 6) is -2.75. The molecule has 1 amide bonds. The van der Waals surface area contributed by atoms with Gasteiger partial charge in [-0.15, -0.1) is 0 Å². The molecule has 0 saturated heterocycles. The fraction of sp³-hybridized carbons (Fsp3) is 0.167. The molecule has 0 spiro atoms. The number of benzene rings is 2. The number of H-pyrrole nitrogens is 1. The van der Waals surface area contributed by atoms with Crippen LogP contribution in [0.15, 0.2) is 65.6 Å². The minimum atomic E-state index is -1.19. The maximum Gasteiger partial charge on any atom is 0.277 e. The van der Waals surface area contributed by atoms with Crippen molar-refractivity contribution in [3.63, 3.8) is 0 Å². The van der Waals surface area contributed by atoms with Gasteiger partial charge in [-0.1, -0.05) is 71.5 Å². The van der Waals surface area contributed by atoms with Crippen molar-refractivity contribution in [2.75, 3.05) is 0 Å². The first-order valence-corrected chi connectivity index (χ1v) is 10.8. The van der Waals surface area contributed by atoms with Gasteiger partial charge in [-0.25, -0.2) is 4.98 Å². The van der Waals surface area contributed by atoms with Crippen LogP contribution in [0.25, 0.3) is 15.6 Å². The molecule has 160 valence electrons. The van der Waals surface area contributed by atoms with Crippen LogP contribution in [-0.4, -0.2) is 20.7 Å². The number of aryl methyl sites for hydroxylation is 2. The predicted octanol–water partition coefficient (Wildman–Crippen LogP) is 3.66. The summed E-state index contributed by atoms with van der Waals surface area (Å²) in [4.78, 5) is 30.9. The molecule has 4 rings (SSSR count). The van der Waals surface area contributed by atoms with E-state index in [1.807, 2.05) is 43.3 Å². The molecule has 0 aliphatic heterocycles. The Hall–Kier alpha value is -3.96. The number of nitriles is 1. The Bertz CT molecular complexity index is 1360. The van der Waals surface area contributed by atoms with E-state index in [0.717, 1.165) is 16.0 Å². The van der Waals surface area contributed by atoms with E-state index in [-0.39, 0.29) is 5.56 Å². The van der Waals surface area contributed by atoms with Gasteiger partial charge < -0.3 is 5.73 Å². The average Bonchev–Trinajstić information content (AvgIpc) is 3.38. The van der Waals surface area contributed by atoms with Gasteiger partial charge in [0.05, 0.1) is 10.9 Å². The quantitative estimate of drug-likeness (QED) is 0.473. The first-order chi connectivity index (χ1) is 15.4. The van der Waals surface area contributed by atoms with Gasteiger partial charge in [0, 0.05) is 23.4 Å². The summed E-state index contributed by atoms with van der Waals surface area (Å²) < 4.78 is 1.36. The van der Waals surface area contributed by atoms with Crippen LogP contribution in [-0.2, 0) is 4.79 Å². The highest BCUT2D eigenvalue weighted by atomic mass is 32.1. The number of carbonyl (C=O) groups is 1. The van der Waals surface area contributed by atoms with Crippen LogP contribution in [0.5, 0.6) is 0 Å². The average molecular weight is 444 g/mol. The molecule has 8 heteroatoms. The Balaban J connectivity index is 1.82. The van der Waals surface area contributed by atoms with E-state index in [0.29, 0.717) is 22.0 Å². The number of nitrogens with two attached hydrogens (primary N) is 1. The largest absolute Gasteiger partial charge is 0.369 e. The fourth-order valence-corrected chi connectivity index (χ4v) is 4.65. The van der Waals surface area contributed by atoms with E-state index >= 15 is 0 Å². The summed E-state index contributed by atoms with van der Waals surface area (Å²) in [5, 5.41) is 13.2. The van der Waals surface area contributed by atoms with Crippen LogP contribution < -0.4 is 11.3 Å². The second-order valence-corrected chi connectivity index (χ2v) is 8.57. The highest BCUT2D eigenvalue weighted by molar-refractivity contribution is 7.17. The number of amides is 1. The van der Waals surface area contributed by atoms with E-state index in [4.69, 9.17) is 5.73 Å². The van der Waals surface area contributed by atoms with Crippen LogP contribution in [0.4, 0.5) is 0 Å². The summed E-state index contributed by atoms with van der Waals surface area (Å²) in [6.07, 6.45) is 1.73. The molecule has 2 atom stereocenters. The van der Waals surface area contributed by atoms with Gasteiger partial charge in [-0.05, 0) is 25.0 Å². The lowest BCUT2D eigenvalue weighted by Gasteiger charge is -2.19. The molecule has 7 nitrogen and oxygen atoms in total. The molecule has 2 aromatic heterocycles. The lowest BCUT2D eigenvalue weighted by molar-refractivity contribution is -0.120. The molecule has 4 aromatic rings. The summed E-state index contributed by atoms with van der Waals surface area (Å²) >= 11 is 1.37. The number of nitrogens with zero attached hydrogens (tertiary/aromatic N) is 3. The van der Waals surface area contributed by atoms with Crippen LogP contribution in [0.1, 0.15) is 28.3 Å². The number of nitrogens with one attached hydrogen (secondary N) is 1. The van der Waals surface area contributed by atoms with Gasteiger partial charge in [0.2, 0.25) is 11.0 Å². The smallest absolute Gasteiger partial charge is 0.277 e. The normalized spacial score (nSPS) is 12.8. The molecular formula is C24H21N5O2S. The zero-order chi connectivity index (χ0) is 22.8. The number of thiazole rings is 1. The summed E-state index contributed by atoms with van der Waals surface area (Å²) in [7, 11) is 0. The predicted molar refractivity (Wildman–Crippen MR) is 124 cm³/mol. The first kappa shape index (κ1) is 21.3. The van der Waals surface area contributed by atoms with Crippen molar-refractivity contribution in [2.45, 2.75) is 19.8 Å². The van der Waals surface area contributed by atoms with E-state index < -0.39 is 17.7 Å². The van der Waals surface area contributed by atoms with E-state index in [9.17, 15) is 14.9 Å². The van der Waals surface area contributed by atoms with Crippen LogP contribution in [0, 0.1) is 31.1 Å². The monoisotopic (exact) mass is 443 g/mol. The molecule has 3 N–H and O–H groups in total. The van der Waals surface area contributed by atoms with Crippen LogP contribution >= 0.6 is 11.3 Å². The molecule has 0 aliphatic carbocycles. The van der Waals surface area contributed by atoms with E-state index in [2.05, 4.69) is 10.1 Å². The van der Waals surface area contributed by atoms with Crippen molar-refractivity contribution < 1.29 is 4.79 Å². The van der Waals surface area contributed by atoms with Crippen molar-refractivity contribution in [3.8, 4) is 21.6 Å². The molecule has 0 bridgehead atoms. The second kappa shape index (κ2) is 8.65. The second-order valence-electron chi connectivity index (χ2n) is 7.56. The van der Waals surface area contributed by atoms with Gasteiger partial charge in [0.25, 0.3) is 5.56 Å². The van der Waals surface area contributed by atoms with Crippen molar-refractivity contribution in [2.24, 2.45) is 11.7 Å². The van der Waals surface area contributed by atoms with Gasteiger partial charge in [0.1, 0.15) is 5.92 Å². The Morgan fingerprint density at radius 3 is 2.47 bits per heavy atom. The number of aromatic amines is 1. The zero-order valence-corrected chi connectivity index (χ0v) is 18.4. The summed E-state index contributed by atoms with van der Waals surface area (Å²) in [5.41, 5.74) is 8.89. The third-order valence-corrected chi connectivity index (χ3v) is 6.42. The molecule has 0 unspecified atom stereocenters. The number of rotatable bonds is 6. The zero-order valence-electron chi connectivity index (χ0n) is 17.6. The van der Waals surface area contributed by atoms with Gasteiger partial charge in [0.15, 0.2) is 0 Å². The minimum Gasteiger partial charge on any atom is -0.369 e. The SMILES string of the molecule is Cc1ccc(-c2cnc(-n3[nH]c(C)c([C@H](c4ccccc4)[C@@H](C#N)C(N)=O)c3=O)s2)cc1. The minimum absolute atomic E-state index is 0.327. The molecule has 0 saturated carbocycles. The molecule has 2 heterocycles. The summed E-state index contributed by atoms with van der Waals surface area (Å²) in [6, 6.07) is 19.0. The Morgan fingerprint density at radius 2 is 1.84 bits per heavy atom. The third-order valence-electron chi connectivity index (χ3n) is 5.39. The topological polar surface area (TPSA) is 118 Å². The highest BCUT2D eigenvalue weighted by Gasteiger charge is 2.34. The molecular weight excluding hydrogens is 422 g/mol. The van der Waals surface area contributed by atoms with Gasteiger partial charge in [-0.2, -0.15) is 9.94 Å². The Kier molecular flexibility index (Phi) is 5.75. The van der Waals surface area contributed by atoms with Crippen LogP contribution in [0.2, 0.25) is 0 Å². The van der Waals surface area contributed by atoms with Crippen molar-refractivity contribution in [1.29, 1.82) is 5.26 Å². The summed E-state index contributed by atoms with van der Waals surface area (Å²) in [6.45, 7) is 3.77. The number of primary amides is 1. The van der Waals surface area contributed by atoms with Gasteiger partial charge >= 0.3 is 0 Å². The van der Waals surface area contributed by atoms with Crippen LogP contribution in [0.3, 0.4) is 0 Å². The molecule has 32 heavy (non-hydrogen) atoms. The number of hydrogen-bond acceptors (Lipinski definition) is 5.